The summed E-state index contributed by atoms with van der Waals surface area (Å²) >= 11 is 0. The molecule has 0 aliphatic rings. The van der Waals surface area contributed by atoms with Gasteiger partial charge in [-0.3, -0.25) is 0 Å². The lowest BCUT2D eigenvalue weighted by Crippen LogP contribution is -2.53. The smallest absolute Gasteiger partial charge is 0.317 e. The second kappa shape index (κ2) is 7.74. The highest BCUT2D eigenvalue weighted by Crippen LogP contribution is 2.38. The van der Waals surface area contributed by atoms with Crippen LogP contribution in [0.25, 0.3) is 0 Å². The third-order valence-corrected chi connectivity index (χ3v) is 2.50. The quantitative estimate of drug-likeness (QED) is 0.282. The van der Waals surface area contributed by atoms with E-state index in [1.54, 1.807) is 0 Å². The number of ether oxygens (including phenoxy) is 2. The topological polar surface area (TPSA) is 36.9 Å². The molecule has 0 bridgehead atoms. The monoisotopic (exact) mass is 290 g/mol. The normalized spacial score (nSPS) is 16.5. The van der Waals surface area contributed by atoms with Gasteiger partial charge in [-0.25, -0.2) is 4.89 Å². The average Bonchev–Trinajstić information content (AvgIpc) is 2.22. The van der Waals surface area contributed by atoms with E-state index in [0.717, 1.165) is 12.8 Å². The predicted octanol–water partition coefficient (Wildman–Crippen LogP) is 4.67. The fraction of sp³-hybridized carbons (Fsp3) is 1.00. The van der Waals surface area contributed by atoms with Crippen molar-refractivity contribution in [3.63, 3.8) is 0 Å². The van der Waals surface area contributed by atoms with Gasteiger partial charge in [0.25, 0.3) is 0 Å². The molecule has 0 amide bonds. The van der Waals surface area contributed by atoms with E-state index in [1.165, 1.54) is 0 Å². The maximum Gasteiger partial charge on any atom is 0.317 e. The molecular formula is C16H34O4. The van der Waals surface area contributed by atoms with Crippen LogP contribution in [0.4, 0.5) is 0 Å². The summed E-state index contributed by atoms with van der Waals surface area (Å²) < 4.78 is 11.9. The van der Waals surface area contributed by atoms with E-state index in [4.69, 9.17) is 19.2 Å². The molecule has 0 fully saturated rings. The van der Waals surface area contributed by atoms with Crippen molar-refractivity contribution in [1.82, 2.24) is 0 Å². The number of hydrogen-bond donors (Lipinski definition) is 0. The lowest BCUT2D eigenvalue weighted by Gasteiger charge is -2.43. The molecule has 20 heavy (non-hydrogen) atoms. The second-order valence-corrected chi connectivity index (χ2v) is 7.45. The molecule has 0 aromatic heterocycles. The molecule has 0 rings (SSSR count). The summed E-state index contributed by atoms with van der Waals surface area (Å²) in [5.41, 5.74) is -0.804. The van der Waals surface area contributed by atoms with Crippen LogP contribution in [-0.4, -0.2) is 24.3 Å². The van der Waals surface area contributed by atoms with Crippen molar-refractivity contribution in [2.45, 2.75) is 92.8 Å². The first-order valence-corrected chi connectivity index (χ1v) is 7.62. The molecule has 0 saturated heterocycles. The summed E-state index contributed by atoms with van der Waals surface area (Å²) in [7, 11) is 0. The Bertz CT molecular complexity index is 263. The van der Waals surface area contributed by atoms with Gasteiger partial charge in [-0.1, -0.05) is 34.1 Å². The van der Waals surface area contributed by atoms with Gasteiger partial charge in [0.05, 0.1) is 18.3 Å². The molecule has 0 aromatic rings. The molecular weight excluding hydrogens is 256 g/mol. The Morgan fingerprint density at radius 3 is 1.80 bits per heavy atom. The van der Waals surface area contributed by atoms with E-state index in [2.05, 4.69) is 6.92 Å². The first-order valence-electron chi connectivity index (χ1n) is 7.62. The number of unbranched alkanes of at least 4 members (excludes halogenated alkanes) is 1. The minimum atomic E-state index is -1.20. The molecule has 0 heterocycles. The van der Waals surface area contributed by atoms with Gasteiger partial charge in [-0.05, 0) is 41.0 Å². The summed E-state index contributed by atoms with van der Waals surface area (Å²) in [6, 6.07) is 0. The maximum absolute atomic E-state index is 5.97. The highest BCUT2D eigenvalue weighted by atomic mass is 17.3. The summed E-state index contributed by atoms with van der Waals surface area (Å²) in [6.07, 6.45) is 1.99. The minimum Gasteiger partial charge on any atom is -0.325 e. The molecule has 1 unspecified atom stereocenters. The third-order valence-electron chi connectivity index (χ3n) is 2.50. The Morgan fingerprint density at radius 2 is 1.45 bits per heavy atom. The Hall–Kier alpha value is -0.160. The van der Waals surface area contributed by atoms with Crippen molar-refractivity contribution in [3.8, 4) is 0 Å². The molecule has 4 heteroatoms. The van der Waals surface area contributed by atoms with Gasteiger partial charge in [0.1, 0.15) is 0 Å². The molecule has 0 spiro atoms. The zero-order chi connectivity index (χ0) is 16.0. The zero-order valence-electron chi connectivity index (χ0n) is 14.8. The van der Waals surface area contributed by atoms with E-state index < -0.39 is 11.6 Å². The zero-order valence-corrected chi connectivity index (χ0v) is 14.8. The van der Waals surface area contributed by atoms with Gasteiger partial charge in [0.15, 0.2) is 0 Å². The maximum atomic E-state index is 5.97. The van der Waals surface area contributed by atoms with Crippen LogP contribution in [0, 0.1) is 5.41 Å². The minimum absolute atomic E-state index is 0.0283. The van der Waals surface area contributed by atoms with Crippen LogP contribution < -0.4 is 0 Å². The fourth-order valence-corrected chi connectivity index (χ4v) is 1.44. The van der Waals surface area contributed by atoms with Crippen LogP contribution in [0.3, 0.4) is 0 Å². The lowest BCUT2D eigenvalue weighted by molar-refractivity contribution is -0.555. The van der Waals surface area contributed by atoms with Crippen LogP contribution >= 0.6 is 0 Å². The Labute approximate surface area is 125 Å². The predicted molar refractivity (Wildman–Crippen MR) is 81.2 cm³/mol. The van der Waals surface area contributed by atoms with Crippen molar-refractivity contribution in [3.05, 3.63) is 0 Å². The molecule has 4 nitrogen and oxygen atoms in total. The van der Waals surface area contributed by atoms with E-state index in [1.807, 2.05) is 55.4 Å². The summed E-state index contributed by atoms with van der Waals surface area (Å²) in [5, 5.41) is 0. The summed E-state index contributed by atoms with van der Waals surface area (Å²) in [6.45, 7) is 18.5. The van der Waals surface area contributed by atoms with Crippen molar-refractivity contribution in [1.29, 1.82) is 0 Å². The van der Waals surface area contributed by atoms with Crippen LogP contribution in [0.5, 0.6) is 0 Å². The average molecular weight is 290 g/mol. The van der Waals surface area contributed by atoms with Crippen LogP contribution in [0.15, 0.2) is 0 Å². The van der Waals surface area contributed by atoms with Gasteiger partial charge in [-0.15, -0.1) is 0 Å². The van der Waals surface area contributed by atoms with Crippen molar-refractivity contribution in [2.75, 3.05) is 6.61 Å². The van der Waals surface area contributed by atoms with Crippen molar-refractivity contribution < 1.29 is 19.2 Å². The fourth-order valence-electron chi connectivity index (χ4n) is 1.44. The van der Waals surface area contributed by atoms with Crippen molar-refractivity contribution >= 4 is 0 Å². The molecule has 0 radical (unpaired) electrons. The van der Waals surface area contributed by atoms with Crippen LogP contribution in [0.2, 0.25) is 0 Å². The largest absolute Gasteiger partial charge is 0.325 e. The molecule has 0 aliphatic carbocycles. The Kier molecular flexibility index (Phi) is 7.67. The van der Waals surface area contributed by atoms with Gasteiger partial charge < -0.3 is 9.47 Å². The first kappa shape index (κ1) is 19.8. The number of rotatable bonds is 8. The van der Waals surface area contributed by atoms with E-state index in [9.17, 15) is 0 Å². The highest BCUT2D eigenvalue weighted by Gasteiger charge is 2.49. The SMILES string of the molecule is CCCCOC(OOC(C)(C)C)(OC(C)C)C(C)(C)C. The van der Waals surface area contributed by atoms with E-state index in [-0.39, 0.29) is 11.5 Å². The van der Waals surface area contributed by atoms with Crippen molar-refractivity contribution in [2.24, 2.45) is 5.41 Å². The van der Waals surface area contributed by atoms with Gasteiger partial charge in [0, 0.05) is 5.41 Å². The van der Waals surface area contributed by atoms with Crippen LogP contribution in [-0.2, 0) is 19.2 Å². The highest BCUT2D eigenvalue weighted by molar-refractivity contribution is 4.76. The first-order chi connectivity index (χ1) is 8.93. The van der Waals surface area contributed by atoms with Gasteiger partial charge >= 0.3 is 5.97 Å². The van der Waals surface area contributed by atoms with Crippen LogP contribution in [0.1, 0.15) is 75.2 Å². The van der Waals surface area contributed by atoms with Gasteiger partial charge in [-0.2, -0.15) is 4.89 Å². The third kappa shape index (κ3) is 7.02. The van der Waals surface area contributed by atoms with E-state index in [0.29, 0.717) is 6.61 Å². The molecule has 122 valence electrons. The summed E-state index contributed by atoms with van der Waals surface area (Å²) in [5.74, 6) is -1.20. The van der Waals surface area contributed by atoms with Gasteiger partial charge in [0.2, 0.25) is 0 Å². The molecule has 0 aromatic carbocycles. The summed E-state index contributed by atoms with van der Waals surface area (Å²) in [4.78, 5) is 11.2. The van der Waals surface area contributed by atoms with E-state index >= 15 is 0 Å². The lowest BCUT2D eigenvalue weighted by atomic mass is 9.92. The molecule has 0 saturated carbocycles. The standard InChI is InChI=1S/C16H34O4/c1-10-11-12-17-16(14(4,5)6,18-13(2)3)20-19-15(7,8)9/h13H,10-12H2,1-9H3. The molecule has 0 N–H and O–H groups in total. The molecule has 0 aliphatic heterocycles. The second-order valence-electron chi connectivity index (χ2n) is 7.45. The number of hydrogen-bond acceptors (Lipinski definition) is 4. The molecule has 1 atom stereocenters. The Morgan fingerprint density at radius 1 is 0.900 bits per heavy atom. The Balaban J connectivity index is 5.10.